The van der Waals surface area contributed by atoms with E-state index in [1.165, 1.54) is 13.2 Å². The number of hydrogen-bond donors (Lipinski definition) is 4. The zero-order valence-corrected chi connectivity index (χ0v) is 18.0. The molecule has 0 bridgehead atoms. The smallest absolute Gasteiger partial charge is 0.281 e. The van der Waals surface area contributed by atoms with Gasteiger partial charge in [0.15, 0.2) is 11.3 Å². The highest BCUT2D eigenvalue weighted by Gasteiger charge is 2.79. The van der Waals surface area contributed by atoms with E-state index in [4.69, 9.17) is 4.74 Å². The number of methoxy groups -OCH3 is 1. The van der Waals surface area contributed by atoms with E-state index >= 15 is 0 Å². The van der Waals surface area contributed by atoms with Gasteiger partial charge >= 0.3 is 0 Å². The Balaban J connectivity index is 1.74. The van der Waals surface area contributed by atoms with Crippen molar-refractivity contribution in [2.45, 2.75) is 55.8 Å². The van der Waals surface area contributed by atoms with E-state index in [0.29, 0.717) is 23.4 Å². The number of carbonyl (C=O) groups excluding carboxylic acids is 3. The maximum Gasteiger partial charge on any atom is 0.281 e. The number of fused-ring (bicyclic) bond motifs is 3. The summed E-state index contributed by atoms with van der Waals surface area (Å²) in [6.45, 7) is 3.53. The highest BCUT2D eigenvalue weighted by molar-refractivity contribution is 6.17. The minimum absolute atomic E-state index is 0.00753. The molecule has 4 aliphatic rings. The molecular weight excluding hydrogens is 418 g/mol. The molecule has 4 aliphatic heterocycles. The van der Waals surface area contributed by atoms with E-state index in [9.17, 15) is 29.7 Å². The number of anilines is 1. The number of Topliss-reactive ketones (excluding diaryl/α,β-unsaturated/α-hetero) is 1. The number of amides is 2. The molecule has 3 saturated heterocycles. The average Bonchev–Trinajstić information content (AvgIpc) is 3.34. The number of benzene rings is 1. The average molecular weight is 443 g/mol. The summed E-state index contributed by atoms with van der Waals surface area (Å²) >= 11 is 0. The van der Waals surface area contributed by atoms with Gasteiger partial charge in [-0.15, -0.1) is 0 Å². The molecule has 170 valence electrons. The fraction of sp³-hybridized carbons (Fsp3) is 0.500. The van der Waals surface area contributed by atoms with E-state index in [0.717, 1.165) is 9.80 Å². The Kier molecular flexibility index (Phi) is 4.12. The minimum atomic E-state index is -2.72. The summed E-state index contributed by atoms with van der Waals surface area (Å²) in [5.41, 5.74) is -5.50. The van der Waals surface area contributed by atoms with Gasteiger partial charge in [0.25, 0.3) is 17.5 Å². The number of nitrogens with one attached hydrogen (secondary N) is 1. The van der Waals surface area contributed by atoms with Gasteiger partial charge in [-0.25, -0.2) is 0 Å². The zero-order chi connectivity index (χ0) is 23.2. The van der Waals surface area contributed by atoms with E-state index < -0.39 is 46.7 Å². The van der Waals surface area contributed by atoms with Gasteiger partial charge in [-0.05, 0) is 32.4 Å². The SMILES string of the molecule is COc1ccc2c(c1)N[C@@]1(C2=O)[C@H](C=C(C)C)N2C(=O)[C@]3(O)CCCN3C(=O)[C@]2(O)[C@H]1O. The lowest BCUT2D eigenvalue weighted by molar-refractivity contribution is -0.234. The number of aliphatic hydroxyl groups is 3. The van der Waals surface area contributed by atoms with Crippen LogP contribution in [0.3, 0.4) is 0 Å². The van der Waals surface area contributed by atoms with Gasteiger partial charge in [0.1, 0.15) is 11.9 Å². The molecular formula is C22H25N3O7. The lowest BCUT2D eigenvalue weighted by Gasteiger charge is -2.49. The third kappa shape index (κ3) is 2.17. The van der Waals surface area contributed by atoms with Gasteiger partial charge in [0.2, 0.25) is 5.72 Å². The van der Waals surface area contributed by atoms with Crippen molar-refractivity contribution in [3.05, 3.63) is 35.4 Å². The third-order valence-corrected chi connectivity index (χ3v) is 7.08. The second kappa shape index (κ2) is 6.31. The maximum atomic E-state index is 13.7. The maximum absolute atomic E-state index is 13.7. The third-order valence-electron chi connectivity index (χ3n) is 7.08. The number of ether oxygens (including phenoxy) is 1. The van der Waals surface area contributed by atoms with Gasteiger partial charge in [-0.1, -0.05) is 11.6 Å². The van der Waals surface area contributed by atoms with Crippen LogP contribution in [0.4, 0.5) is 5.69 Å². The second-order valence-corrected chi connectivity index (χ2v) is 9.10. The first-order chi connectivity index (χ1) is 15.0. The number of carbonyl (C=O) groups is 3. The van der Waals surface area contributed by atoms with Crippen molar-refractivity contribution in [2.24, 2.45) is 0 Å². The molecule has 10 heteroatoms. The summed E-state index contributed by atoms with van der Waals surface area (Å²) in [6, 6.07) is 3.46. The lowest BCUT2D eigenvalue weighted by atomic mass is 9.81. The van der Waals surface area contributed by atoms with Crippen molar-refractivity contribution >= 4 is 23.3 Å². The molecule has 0 unspecified atom stereocenters. The molecule has 4 N–H and O–H groups in total. The van der Waals surface area contributed by atoms with Crippen molar-refractivity contribution < 1.29 is 34.4 Å². The van der Waals surface area contributed by atoms with E-state index in [1.54, 1.807) is 32.1 Å². The molecule has 1 aromatic carbocycles. The van der Waals surface area contributed by atoms with Crippen molar-refractivity contribution in [2.75, 3.05) is 19.0 Å². The Morgan fingerprint density at radius 1 is 1.22 bits per heavy atom. The van der Waals surface area contributed by atoms with Crippen LogP contribution < -0.4 is 10.1 Å². The Morgan fingerprint density at radius 3 is 2.59 bits per heavy atom. The predicted molar refractivity (Wildman–Crippen MR) is 111 cm³/mol. The van der Waals surface area contributed by atoms with Crippen LogP contribution in [-0.4, -0.2) is 85.5 Å². The summed E-state index contributed by atoms with van der Waals surface area (Å²) in [6.07, 6.45) is -0.0697. The van der Waals surface area contributed by atoms with E-state index in [2.05, 4.69) is 5.32 Å². The summed E-state index contributed by atoms with van der Waals surface area (Å²) < 4.78 is 5.22. The first-order valence-electron chi connectivity index (χ1n) is 10.5. The summed E-state index contributed by atoms with van der Waals surface area (Å²) in [7, 11) is 1.47. The number of allylic oxidation sites excluding steroid dienone is 1. The molecule has 0 aromatic heterocycles. The van der Waals surface area contributed by atoms with Crippen LogP contribution in [0.5, 0.6) is 5.75 Å². The van der Waals surface area contributed by atoms with Gasteiger partial charge in [-0.3, -0.25) is 19.3 Å². The van der Waals surface area contributed by atoms with Crippen molar-refractivity contribution in [1.82, 2.24) is 9.80 Å². The standard InChI is InChI=1S/C22H25N3O7/c1-11(2)9-15-21(16(26)13-6-5-12(32-3)10-14(13)23-21)17(27)22(31)19(29)24-8-4-7-20(24,30)18(28)25(15)22/h5-6,9-10,15,17,23,27,30-31H,4,7-8H2,1-3H3/t15-,17-,20+,21+,22+/m0/s1. The zero-order valence-electron chi connectivity index (χ0n) is 18.0. The molecule has 0 aliphatic carbocycles. The molecule has 10 nitrogen and oxygen atoms in total. The molecule has 5 atom stereocenters. The summed E-state index contributed by atoms with van der Waals surface area (Å²) in [5, 5.41) is 37.1. The predicted octanol–water partition coefficient (Wildman–Crippen LogP) is -0.407. The van der Waals surface area contributed by atoms with Crippen LogP contribution in [0.25, 0.3) is 0 Å². The fourth-order valence-electron chi connectivity index (χ4n) is 5.59. The molecule has 4 heterocycles. The van der Waals surface area contributed by atoms with Crippen LogP contribution in [0, 0.1) is 0 Å². The normalized spacial score (nSPS) is 37.4. The number of ketones is 1. The first kappa shape index (κ1) is 20.9. The summed E-state index contributed by atoms with van der Waals surface area (Å²) in [5.74, 6) is -2.03. The highest BCUT2D eigenvalue weighted by atomic mass is 16.5. The van der Waals surface area contributed by atoms with Crippen molar-refractivity contribution in [3.63, 3.8) is 0 Å². The largest absolute Gasteiger partial charge is 0.497 e. The number of aliphatic hydroxyl groups excluding tert-OH is 1. The molecule has 3 fully saturated rings. The molecule has 5 rings (SSSR count). The highest BCUT2D eigenvalue weighted by Crippen LogP contribution is 2.53. The molecule has 32 heavy (non-hydrogen) atoms. The second-order valence-electron chi connectivity index (χ2n) is 9.10. The van der Waals surface area contributed by atoms with E-state index in [1.807, 2.05) is 0 Å². The van der Waals surface area contributed by atoms with Gasteiger partial charge < -0.3 is 30.3 Å². The molecule has 0 radical (unpaired) electrons. The number of nitrogens with zero attached hydrogens (tertiary/aromatic N) is 2. The van der Waals surface area contributed by atoms with Gasteiger partial charge in [-0.2, -0.15) is 0 Å². The number of piperazine rings is 1. The fourth-order valence-corrected chi connectivity index (χ4v) is 5.59. The summed E-state index contributed by atoms with van der Waals surface area (Å²) in [4.78, 5) is 42.4. The minimum Gasteiger partial charge on any atom is -0.497 e. The van der Waals surface area contributed by atoms with Crippen LogP contribution in [0.15, 0.2) is 29.8 Å². The van der Waals surface area contributed by atoms with Crippen molar-refractivity contribution in [3.8, 4) is 5.75 Å². The molecule has 1 spiro atoms. The van der Waals surface area contributed by atoms with Crippen LogP contribution in [-0.2, 0) is 9.59 Å². The van der Waals surface area contributed by atoms with Gasteiger partial charge in [0, 0.05) is 30.3 Å². The Bertz CT molecular complexity index is 1100. The Labute approximate surface area is 184 Å². The van der Waals surface area contributed by atoms with Crippen molar-refractivity contribution in [1.29, 1.82) is 0 Å². The topological polar surface area (TPSA) is 140 Å². The molecule has 0 saturated carbocycles. The number of hydrogen-bond acceptors (Lipinski definition) is 8. The van der Waals surface area contributed by atoms with Gasteiger partial charge in [0.05, 0.1) is 13.2 Å². The monoisotopic (exact) mass is 443 g/mol. The van der Waals surface area contributed by atoms with Crippen LogP contribution in [0.1, 0.15) is 37.0 Å². The van der Waals surface area contributed by atoms with Crippen LogP contribution >= 0.6 is 0 Å². The number of rotatable bonds is 2. The van der Waals surface area contributed by atoms with E-state index in [-0.39, 0.29) is 18.5 Å². The Hall–Kier alpha value is -2.95. The lowest BCUT2D eigenvalue weighted by Crippen LogP contribution is -2.76. The first-order valence-corrected chi connectivity index (χ1v) is 10.5. The Morgan fingerprint density at radius 2 is 1.94 bits per heavy atom. The van der Waals surface area contributed by atoms with Crippen LogP contribution in [0.2, 0.25) is 0 Å². The molecule has 1 aromatic rings. The quantitative estimate of drug-likeness (QED) is 0.453. The molecule has 2 amide bonds.